The van der Waals surface area contributed by atoms with Crippen LogP contribution in [-0.4, -0.2) is 27.1 Å². The van der Waals surface area contributed by atoms with Crippen LogP contribution in [0.4, 0.5) is 0 Å². The zero-order chi connectivity index (χ0) is 16.1. The largest absolute Gasteiger partial charge is 0.459 e. The van der Waals surface area contributed by atoms with Gasteiger partial charge in [0.25, 0.3) is 0 Å². The van der Waals surface area contributed by atoms with Crippen LogP contribution < -0.4 is 5.32 Å². The number of methoxy groups -OCH3 is 2. The lowest BCUT2D eigenvalue weighted by Crippen LogP contribution is -2.33. The van der Waals surface area contributed by atoms with Crippen molar-refractivity contribution < 1.29 is 13.9 Å². The van der Waals surface area contributed by atoms with E-state index < -0.39 is 0 Å². The van der Waals surface area contributed by atoms with Gasteiger partial charge in [-0.2, -0.15) is 0 Å². The van der Waals surface area contributed by atoms with Gasteiger partial charge >= 0.3 is 0 Å². The van der Waals surface area contributed by atoms with E-state index in [1.165, 1.54) is 0 Å². The average molecular weight is 311 g/mol. The summed E-state index contributed by atoms with van der Waals surface area (Å²) < 4.78 is 16.6. The highest BCUT2D eigenvalue weighted by Gasteiger charge is 2.19. The third kappa shape index (κ3) is 3.62. The molecule has 2 aromatic carbocycles. The zero-order valence-corrected chi connectivity index (χ0v) is 13.4. The molecule has 0 aliphatic rings. The van der Waals surface area contributed by atoms with Crippen molar-refractivity contribution in [2.45, 2.75) is 12.3 Å². The van der Waals surface area contributed by atoms with Gasteiger partial charge in [0.05, 0.1) is 6.04 Å². The van der Waals surface area contributed by atoms with Gasteiger partial charge in [-0.1, -0.05) is 48.5 Å². The molecule has 0 unspecified atom stereocenters. The number of para-hydroxylation sites is 1. The Balaban J connectivity index is 1.91. The van der Waals surface area contributed by atoms with Crippen LogP contribution in [0.2, 0.25) is 0 Å². The van der Waals surface area contributed by atoms with Crippen molar-refractivity contribution in [1.82, 2.24) is 5.32 Å². The zero-order valence-electron chi connectivity index (χ0n) is 13.4. The Morgan fingerprint density at radius 3 is 2.35 bits per heavy atom. The molecule has 1 N–H and O–H groups in total. The molecule has 23 heavy (non-hydrogen) atoms. The number of hydrogen-bond acceptors (Lipinski definition) is 4. The van der Waals surface area contributed by atoms with Gasteiger partial charge in [-0.3, -0.25) is 5.32 Å². The summed E-state index contributed by atoms with van der Waals surface area (Å²) in [5, 5.41) is 4.57. The fourth-order valence-corrected chi connectivity index (χ4v) is 2.65. The highest BCUT2D eigenvalue weighted by atomic mass is 16.7. The molecule has 0 aliphatic heterocycles. The van der Waals surface area contributed by atoms with E-state index in [0.29, 0.717) is 6.54 Å². The highest BCUT2D eigenvalue weighted by Crippen LogP contribution is 2.28. The summed E-state index contributed by atoms with van der Waals surface area (Å²) in [4.78, 5) is 0. The van der Waals surface area contributed by atoms with Gasteiger partial charge in [0.2, 0.25) is 0 Å². The maximum atomic E-state index is 6.04. The van der Waals surface area contributed by atoms with Gasteiger partial charge in [-0.25, -0.2) is 0 Å². The van der Waals surface area contributed by atoms with E-state index >= 15 is 0 Å². The predicted molar refractivity (Wildman–Crippen MR) is 90.3 cm³/mol. The van der Waals surface area contributed by atoms with E-state index in [9.17, 15) is 0 Å². The van der Waals surface area contributed by atoms with Crippen LogP contribution in [0.1, 0.15) is 17.4 Å². The third-order valence-electron chi connectivity index (χ3n) is 3.88. The summed E-state index contributed by atoms with van der Waals surface area (Å²) in [6.07, 6.45) is -0.300. The smallest absolute Gasteiger partial charge is 0.169 e. The minimum Gasteiger partial charge on any atom is -0.459 e. The molecule has 0 radical (unpaired) electrons. The quantitative estimate of drug-likeness (QED) is 0.675. The number of rotatable bonds is 7. The fraction of sp³-hybridized carbons (Fsp3) is 0.263. The molecule has 0 fully saturated rings. The normalized spacial score (nSPS) is 12.8. The first-order chi connectivity index (χ1) is 11.3. The van der Waals surface area contributed by atoms with Crippen molar-refractivity contribution in [3.05, 3.63) is 72.0 Å². The van der Waals surface area contributed by atoms with Crippen LogP contribution in [0, 0.1) is 0 Å². The lowest BCUT2D eigenvalue weighted by Gasteiger charge is -2.20. The Hall–Kier alpha value is -2.14. The summed E-state index contributed by atoms with van der Waals surface area (Å²) >= 11 is 0. The van der Waals surface area contributed by atoms with Crippen molar-refractivity contribution in [1.29, 1.82) is 0 Å². The number of ether oxygens (including phenoxy) is 2. The third-order valence-corrected chi connectivity index (χ3v) is 3.88. The van der Waals surface area contributed by atoms with Crippen molar-refractivity contribution in [2.24, 2.45) is 0 Å². The second kappa shape index (κ2) is 7.42. The van der Waals surface area contributed by atoms with E-state index in [1.54, 1.807) is 14.2 Å². The average Bonchev–Trinajstić information content (AvgIpc) is 3.03. The molecule has 4 nitrogen and oxygen atoms in total. The van der Waals surface area contributed by atoms with Crippen molar-refractivity contribution in [2.75, 3.05) is 20.8 Å². The minimum absolute atomic E-state index is 0.0589. The van der Waals surface area contributed by atoms with Crippen molar-refractivity contribution >= 4 is 11.0 Å². The van der Waals surface area contributed by atoms with Gasteiger partial charge in [-0.15, -0.1) is 0 Å². The summed E-state index contributed by atoms with van der Waals surface area (Å²) in [7, 11) is 3.27. The Kier molecular flexibility index (Phi) is 5.08. The molecule has 120 valence electrons. The second-order valence-electron chi connectivity index (χ2n) is 5.34. The molecule has 0 bridgehead atoms. The molecule has 4 heteroatoms. The molecule has 0 spiro atoms. The van der Waals surface area contributed by atoms with Crippen LogP contribution in [0.25, 0.3) is 11.0 Å². The fourth-order valence-electron chi connectivity index (χ4n) is 2.65. The molecule has 1 aromatic heterocycles. The molecular weight excluding hydrogens is 290 g/mol. The second-order valence-corrected chi connectivity index (χ2v) is 5.34. The van der Waals surface area contributed by atoms with Gasteiger partial charge in [0.15, 0.2) is 6.29 Å². The van der Waals surface area contributed by atoms with Crippen LogP contribution in [-0.2, 0) is 9.47 Å². The number of hydrogen-bond donors (Lipinski definition) is 1. The van der Waals surface area contributed by atoms with Gasteiger partial charge in [0.1, 0.15) is 11.3 Å². The topological polar surface area (TPSA) is 43.6 Å². The van der Waals surface area contributed by atoms with E-state index in [1.807, 2.05) is 36.4 Å². The van der Waals surface area contributed by atoms with E-state index in [-0.39, 0.29) is 12.3 Å². The Morgan fingerprint density at radius 1 is 0.957 bits per heavy atom. The first-order valence-corrected chi connectivity index (χ1v) is 7.64. The summed E-state index contributed by atoms with van der Waals surface area (Å²) in [6, 6.07) is 20.3. The lowest BCUT2D eigenvalue weighted by molar-refractivity contribution is -0.0996. The summed E-state index contributed by atoms with van der Waals surface area (Å²) in [5.41, 5.74) is 2.03. The van der Waals surface area contributed by atoms with Crippen LogP contribution in [0.3, 0.4) is 0 Å². The minimum atomic E-state index is -0.300. The van der Waals surface area contributed by atoms with E-state index in [0.717, 1.165) is 22.3 Å². The van der Waals surface area contributed by atoms with Crippen molar-refractivity contribution in [3.8, 4) is 0 Å². The van der Waals surface area contributed by atoms with Gasteiger partial charge < -0.3 is 13.9 Å². The highest BCUT2D eigenvalue weighted by molar-refractivity contribution is 5.77. The van der Waals surface area contributed by atoms with Crippen LogP contribution in [0.15, 0.2) is 65.1 Å². The standard InChI is InChI=1S/C19H21NO3/c1-21-18(22-2)13-20-19(14-8-4-3-5-9-14)17-12-15-10-6-7-11-16(15)23-17/h3-12,18-20H,13H2,1-2H3/t19-/m1/s1. The first-order valence-electron chi connectivity index (χ1n) is 7.64. The van der Waals surface area contributed by atoms with E-state index in [4.69, 9.17) is 13.9 Å². The summed E-state index contributed by atoms with van der Waals surface area (Å²) in [5.74, 6) is 0.878. The maximum Gasteiger partial charge on any atom is 0.169 e. The molecule has 0 saturated heterocycles. The number of nitrogens with one attached hydrogen (secondary N) is 1. The Labute approximate surface area is 136 Å². The van der Waals surface area contributed by atoms with Gasteiger partial charge in [0, 0.05) is 26.2 Å². The molecule has 0 amide bonds. The maximum absolute atomic E-state index is 6.04. The molecule has 1 heterocycles. The lowest BCUT2D eigenvalue weighted by atomic mass is 10.0. The number of benzene rings is 2. The molecule has 3 aromatic rings. The molecular formula is C19H21NO3. The van der Waals surface area contributed by atoms with Crippen LogP contribution >= 0.6 is 0 Å². The molecule has 3 rings (SSSR count). The number of fused-ring (bicyclic) bond motifs is 1. The first kappa shape index (κ1) is 15.7. The van der Waals surface area contributed by atoms with E-state index in [2.05, 4.69) is 29.6 Å². The summed E-state index contributed by atoms with van der Waals surface area (Å²) in [6.45, 7) is 0.559. The number of furan rings is 1. The SMILES string of the molecule is COC(CN[C@H](c1ccccc1)c1cc2ccccc2o1)OC. The Morgan fingerprint density at radius 2 is 1.65 bits per heavy atom. The van der Waals surface area contributed by atoms with Crippen LogP contribution in [0.5, 0.6) is 0 Å². The molecule has 0 aliphatic carbocycles. The molecule has 0 saturated carbocycles. The Bertz CT molecular complexity index is 701. The van der Waals surface area contributed by atoms with Gasteiger partial charge in [-0.05, 0) is 17.7 Å². The predicted octanol–water partition coefficient (Wildman–Crippen LogP) is 3.73. The monoisotopic (exact) mass is 311 g/mol. The van der Waals surface area contributed by atoms with Crippen molar-refractivity contribution in [3.63, 3.8) is 0 Å². The molecule has 1 atom stereocenters.